The van der Waals surface area contributed by atoms with Crippen LogP contribution in [0.4, 0.5) is 0 Å². The lowest BCUT2D eigenvalue weighted by molar-refractivity contribution is 0.173. The molecule has 0 saturated carbocycles. The average molecular weight is 267 g/mol. The minimum Gasteiger partial charge on any atom is -0.493 e. The molecular formula is C14H21NO4. The zero-order valence-corrected chi connectivity index (χ0v) is 11.3. The van der Waals surface area contributed by atoms with Crippen LogP contribution < -0.4 is 19.9 Å². The fourth-order valence-electron chi connectivity index (χ4n) is 1.98. The van der Waals surface area contributed by atoms with Gasteiger partial charge in [-0.2, -0.15) is 0 Å². The Morgan fingerprint density at radius 1 is 1.16 bits per heavy atom. The summed E-state index contributed by atoms with van der Waals surface area (Å²) in [5.74, 6) is 2.36. The Balaban J connectivity index is 1.97. The van der Waals surface area contributed by atoms with E-state index in [2.05, 4.69) is 0 Å². The van der Waals surface area contributed by atoms with E-state index in [9.17, 15) is 0 Å². The predicted molar refractivity (Wildman–Crippen MR) is 71.9 cm³/mol. The maximum atomic E-state index is 5.81. The highest BCUT2D eigenvalue weighted by molar-refractivity contribution is 5.51. The van der Waals surface area contributed by atoms with E-state index in [0.29, 0.717) is 13.2 Å². The second-order valence-electron chi connectivity index (χ2n) is 4.40. The molecule has 1 heterocycles. The SMILES string of the molecule is COCCCCOc1cc2c(cc1CCN)OCO2. The molecule has 5 heteroatoms. The monoisotopic (exact) mass is 267 g/mol. The first kappa shape index (κ1) is 14.0. The molecule has 0 bridgehead atoms. The van der Waals surface area contributed by atoms with Crippen LogP contribution >= 0.6 is 0 Å². The molecule has 0 unspecified atom stereocenters. The smallest absolute Gasteiger partial charge is 0.231 e. The molecule has 1 aliphatic rings. The molecule has 5 nitrogen and oxygen atoms in total. The Labute approximate surface area is 113 Å². The lowest BCUT2D eigenvalue weighted by Crippen LogP contribution is -2.06. The van der Waals surface area contributed by atoms with Crippen molar-refractivity contribution in [1.29, 1.82) is 0 Å². The van der Waals surface area contributed by atoms with E-state index in [1.807, 2.05) is 12.1 Å². The van der Waals surface area contributed by atoms with E-state index >= 15 is 0 Å². The number of benzene rings is 1. The molecule has 106 valence electrons. The Hall–Kier alpha value is -1.46. The van der Waals surface area contributed by atoms with E-state index in [1.165, 1.54) is 0 Å². The van der Waals surface area contributed by atoms with Crippen LogP contribution in [0.15, 0.2) is 12.1 Å². The normalized spacial score (nSPS) is 12.7. The third kappa shape index (κ3) is 3.75. The second-order valence-corrected chi connectivity index (χ2v) is 4.40. The molecule has 19 heavy (non-hydrogen) atoms. The van der Waals surface area contributed by atoms with E-state index < -0.39 is 0 Å². The molecule has 0 aliphatic carbocycles. The molecule has 2 N–H and O–H groups in total. The number of unbranched alkanes of at least 4 members (excludes halogenated alkanes) is 1. The van der Waals surface area contributed by atoms with Crippen LogP contribution in [0.1, 0.15) is 18.4 Å². The molecule has 1 aromatic rings. The molecule has 0 aromatic heterocycles. The molecule has 1 aliphatic heterocycles. The van der Waals surface area contributed by atoms with Crippen LogP contribution in [0.25, 0.3) is 0 Å². The summed E-state index contributed by atoms with van der Waals surface area (Å²) in [6.07, 6.45) is 2.72. The number of hydrogen-bond donors (Lipinski definition) is 1. The summed E-state index contributed by atoms with van der Waals surface area (Å²) in [4.78, 5) is 0. The van der Waals surface area contributed by atoms with E-state index in [4.69, 9.17) is 24.7 Å². The highest BCUT2D eigenvalue weighted by Crippen LogP contribution is 2.38. The Morgan fingerprint density at radius 3 is 2.63 bits per heavy atom. The Bertz CT molecular complexity index is 409. The summed E-state index contributed by atoms with van der Waals surface area (Å²) in [6.45, 7) is 2.29. The van der Waals surface area contributed by atoms with Gasteiger partial charge in [-0.1, -0.05) is 0 Å². The molecule has 0 atom stereocenters. The first-order chi connectivity index (χ1) is 9.35. The molecule has 1 aromatic carbocycles. The minimum absolute atomic E-state index is 0.273. The summed E-state index contributed by atoms with van der Waals surface area (Å²) >= 11 is 0. The summed E-state index contributed by atoms with van der Waals surface area (Å²) in [7, 11) is 1.71. The summed E-state index contributed by atoms with van der Waals surface area (Å²) in [6, 6.07) is 3.85. The quantitative estimate of drug-likeness (QED) is 0.727. The number of methoxy groups -OCH3 is 1. The molecule has 0 fully saturated rings. The van der Waals surface area contributed by atoms with Gasteiger partial charge in [0.2, 0.25) is 6.79 Å². The summed E-state index contributed by atoms with van der Waals surface area (Å²) < 4.78 is 21.5. The standard InChI is InChI=1S/C14H21NO4/c1-16-6-2-3-7-17-12-9-14-13(18-10-19-14)8-11(12)4-5-15/h8-9H,2-7,10,15H2,1H3. The van der Waals surface area contributed by atoms with Crippen molar-refractivity contribution >= 4 is 0 Å². The van der Waals surface area contributed by atoms with Gasteiger partial charge in [-0.25, -0.2) is 0 Å². The van der Waals surface area contributed by atoms with Crippen molar-refractivity contribution in [3.63, 3.8) is 0 Å². The van der Waals surface area contributed by atoms with Gasteiger partial charge in [0.1, 0.15) is 5.75 Å². The van der Waals surface area contributed by atoms with Crippen molar-refractivity contribution in [2.45, 2.75) is 19.3 Å². The number of hydrogen-bond acceptors (Lipinski definition) is 5. The van der Waals surface area contributed by atoms with Crippen LogP contribution in [0.5, 0.6) is 17.2 Å². The van der Waals surface area contributed by atoms with Crippen molar-refractivity contribution in [2.24, 2.45) is 5.73 Å². The van der Waals surface area contributed by atoms with E-state index in [-0.39, 0.29) is 6.79 Å². The first-order valence-corrected chi connectivity index (χ1v) is 6.59. The van der Waals surface area contributed by atoms with Gasteiger partial charge in [-0.15, -0.1) is 0 Å². The second kappa shape index (κ2) is 7.21. The lowest BCUT2D eigenvalue weighted by atomic mass is 10.1. The molecule has 2 rings (SSSR count). The van der Waals surface area contributed by atoms with Gasteiger partial charge in [-0.05, 0) is 37.4 Å². The fourth-order valence-corrected chi connectivity index (χ4v) is 1.98. The van der Waals surface area contributed by atoms with Gasteiger partial charge in [-0.3, -0.25) is 0 Å². The van der Waals surface area contributed by atoms with Crippen LogP contribution in [-0.4, -0.2) is 33.7 Å². The zero-order valence-electron chi connectivity index (χ0n) is 11.3. The van der Waals surface area contributed by atoms with Gasteiger partial charge in [0.05, 0.1) is 6.61 Å². The fraction of sp³-hybridized carbons (Fsp3) is 0.571. The van der Waals surface area contributed by atoms with Crippen LogP contribution in [0.2, 0.25) is 0 Å². The number of fused-ring (bicyclic) bond motifs is 1. The maximum absolute atomic E-state index is 5.81. The summed E-state index contributed by atoms with van der Waals surface area (Å²) in [5.41, 5.74) is 6.69. The van der Waals surface area contributed by atoms with Crippen molar-refractivity contribution in [3.8, 4) is 17.2 Å². The van der Waals surface area contributed by atoms with E-state index in [0.717, 1.165) is 48.7 Å². The highest BCUT2D eigenvalue weighted by atomic mass is 16.7. The van der Waals surface area contributed by atoms with Gasteiger partial charge < -0.3 is 24.7 Å². The van der Waals surface area contributed by atoms with Crippen LogP contribution in [0.3, 0.4) is 0 Å². The third-order valence-corrected chi connectivity index (χ3v) is 2.97. The molecule has 0 radical (unpaired) electrons. The highest BCUT2D eigenvalue weighted by Gasteiger charge is 2.17. The number of ether oxygens (including phenoxy) is 4. The Morgan fingerprint density at radius 2 is 1.89 bits per heavy atom. The van der Waals surface area contributed by atoms with Crippen molar-refractivity contribution in [3.05, 3.63) is 17.7 Å². The van der Waals surface area contributed by atoms with Gasteiger partial charge in [0.15, 0.2) is 11.5 Å². The average Bonchev–Trinajstić information content (AvgIpc) is 2.86. The van der Waals surface area contributed by atoms with Gasteiger partial charge in [0, 0.05) is 19.8 Å². The molecule has 0 saturated heterocycles. The lowest BCUT2D eigenvalue weighted by Gasteiger charge is -2.12. The molecule has 0 amide bonds. The maximum Gasteiger partial charge on any atom is 0.231 e. The first-order valence-electron chi connectivity index (χ1n) is 6.59. The van der Waals surface area contributed by atoms with Crippen molar-refractivity contribution < 1.29 is 18.9 Å². The van der Waals surface area contributed by atoms with Crippen molar-refractivity contribution in [1.82, 2.24) is 0 Å². The third-order valence-electron chi connectivity index (χ3n) is 2.97. The topological polar surface area (TPSA) is 62.9 Å². The predicted octanol–water partition coefficient (Wildman–Crippen LogP) is 1.72. The number of rotatable bonds is 8. The summed E-state index contributed by atoms with van der Waals surface area (Å²) in [5, 5.41) is 0. The Kier molecular flexibility index (Phi) is 5.30. The number of nitrogens with two attached hydrogens (primary N) is 1. The minimum atomic E-state index is 0.273. The van der Waals surface area contributed by atoms with E-state index in [1.54, 1.807) is 7.11 Å². The van der Waals surface area contributed by atoms with Crippen molar-refractivity contribution in [2.75, 3.05) is 33.7 Å². The van der Waals surface area contributed by atoms with Gasteiger partial charge >= 0.3 is 0 Å². The molecular weight excluding hydrogens is 246 g/mol. The van der Waals surface area contributed by atoms with Crippen LogP contribution in [-0.2, 0) is 11.2 Å². The van der Waals surface area contributed by atoms with Crippen LogP contribution in [0, 0.1) is 0 Å². The largest absolute Gasteiger partial charge is 0.493 e. The van der Waals surface area contributed by atoms with Gasteiger partial charge in [0.25, 0.3) is 0 Å². The molecule has 0 spiro atoms. The zero-order chi connectivity index (χ0) is 13.5.